The fraction of sp³-hybridized carbons (Fsp3) is 0.333. The number of methoxy groups -OCH3 is 3. The van der Waals surface area contributed by atoms with Crippen molar-refractivity contribution in [3.8, 4) is 28.7 Å². The van der Waals surface area contributed by atoms with E-state index < -0.39 is 0 Å². The van der Waals surface area contributed by atoms with Crippen LogP contribution in [-0.4, -0.2) is 70.1 Å². The van der Waals surface area contributed by atoms with Crippen molar-refractivity contribution in [1.29, 1.82) is 0 Å². The normalized spacial score (nSPS) is 14.8. The van der Waals surface area contributed by atoms with Gasteiger partial charge in [-0.1, -0.05) is 6.07 Å². The second-order valence-corrected chi connectivity index (χ2v) is 8.72. The van der Waals surface area contributed by atoms with Crippen LogP contribution >= 0.6 is 0 Å². The summed E-state index contributed by atoms with van der Waals surface area (Å²) >= 11 is 0. The molecule has 194 valence electrons. The number of ether oxygens (including phenoxy) is 5. The van der Waals surface area contributed by atoms with E-state index in [1.165, 1.54) is 26.9 Å². The molecular formula is C27H30N4O6. The molecule has 2 aromatic carbocycles. The lowest BCUT2D eigenvalue weighted by Crippen LogP contribution is -2.46. The Morgan fingerprint density at radius 3 is 2.35 bits per heavy atom. The Balaban J connectivity index is 1.21. The van der Waals surface area contributed by atoms with E-state index in [2.05, 4.69) is 26.2 Å². The molecule has 5 rings (SSSR count). The first-order valence-corrected chi connectivity index (χ1v) is 12.0. The summed E-state index contributed by atoms with van der Waals surface area (Å²) in [5.41, 5.74) is 2.25. The number of fused-ring (bicyclic) bond motifs is 1. The highest BCUT2D eigenvalue weighted by atomic mass is 16.7. The van der Waals surface area contributed by atoms with E-state index in [1.54, 1.807) is 24.4 Å². The molecule has 1 amide bonds. The van der Waals surface area contributed by atoms with Gasteiger partial charge in [-0.25, -0.2) is 4.98 Å². The second kappa shape index (κ2) is 10.8. The maximum Gasteiger partial charge on any atom is 0.255 e. The molecule has 0 atom stereocenters. The number of nitrogens with one attached hydrogen (secondary N) is 1. The number of pyridine rings is 1. The first-order valence-electron chi connectivity index (χ1n) is 12.0. The molecule has 37 heavy (non-hydrogen) atoms. The molecule has 2 aliphatic rings. The number of rotatable bonds is 8. The number of amides is 1. The third-order valence-corrected chi connectivity index (χ3v) is 6.47. The molecule has 0 aliphatic carbocycles. The Bertz CT molecular complexity index is 1250. The minimum atomic E-state index is -0.251. The molecule has 1 saturated heterocycles. The quantitative estimate of drug-likeness (QED) is 0.493. The van der Waals surface area contributed by atoms with Crippen LogP contribution in [0.25, 0.3) is 0 Å². The zero-order valence-electron chi connectivity index (χ0n) is 21.2. The van der Waals surface area contributed by atoms with Crippen LogP contribution in [0.15, 0.2) is 48.7 Å². The Labute approximate surface area is 215 Å². The van der Waals surface area contributed by atoms with Gasteiger partial charge in [0.15, 0.2) is 23.0 Å². The van der Waals surface area contributed by atoms with Gasteiger partial charge in [-0.2, -0.15) is 0 Å². The minimum absolute atomic E-state index is 0.251. The summed E-state index contributed by atoms with van der Waals surface area (Å²) in [4.78, 5) is 22.2. The third-order valence-electron chi connectivity index (χ3n) is 6.47. The van der Waals surface area contributed by atoms with Crippen LogP contribution in [0.4, 0.5) is 11.5 Å². The number of anilines is 2. The molecule has 10 nitrogen and oxygen atoms in total. The number of nitrogens with zero attached hydrogens (tertiary/aromatic N) is 3. The van der Waals surface area contributed by atoms with Gasteiger partial charge >= 0.3 is 0 Å². The van der Waals surface area contributed by atoms with E-state index in [1.807, 2.05) is 18.2 Å². The number of aromatic nitrogens is 1. The van der Waals surface area contributed by atoms with Crippen LogP contribution in [-0.2, 0) is 6.54 Å². The topological polar surface area (TPSA) is 94.6 Å². The maximum absolute atomic E-state index is 13.0. The van der Waals surface area contributed by atoms with Crippen molar-refractivity contribution in [3.63, 3.8) is 0 Å². The van der Waals surface area contributed by atoms with E-state index in [0.29, 0.717) is 28.5 Å². The van der Waals surface area contributed by atoms with Crippen LogP contribution in [0.2, 0.25) is 0 Å². The minimum Gasteiger partial charge on any atom is -0.493 e. The summed E-state index contributed by atoms with van der Waals surface area (Å²) < 4.78 is 27.0. The van der Waals surface area contributed by atoms with Gasteiger partial charge in [0.1, 0.15) is 5.82 Å². The van der Waals surface area contributed by atoms with E-state index >= 15 is 0 Å². The van der Waals surface area contributed by atoms with Crippen molar-refractivity contribution in [2.24, 2.45) is 0 Å². The molecule has 1 aromatic heterocycles. The van der Waals surface area contributed by atoms with Gasteiger partial charge in [0.05, 0.1) is 21.3 Å². The summed E-state index contributed by atoms with van der Waals surface area (Å²) in [5, 5.41) is 2.91. The van der Waals surface area contributed by atoms with E-state index in [-0.39, 0.29) is 12.7 Å². The number of benzene rings is 2. The fourth-order valence-electron chi connectivity index (χ4n) is 4.52. The van der Waals surface area contributed by atoms with Crippen molar-refractivity contribution in [1.82, 2.24) is 9.88 Å². The molecule has 3 heterocycles. The molecule has 3 aromatic rings. The lowest BCUT2D eigenvalue weighted by Gasteiger charge is -2.35. The van der Waals surface area contributed by atoms with Gasteiger partial charge in [0.25, 0.3) is 5.91 Å². The number of carbonyl (C=O) groups excluding carboxylic acids is 1. The molecular weight excluding hydrogens is 476 g/mol. The summed E-state index contributed by atoms with van der Waals surface area (Å²) in [6, 6.07) is 13.0. The van der Waals surface area contributed by atoms with Crippen molar-refractivity contribution in [2.75, 3.05) is 64.5 Å². The van der Waals surface area contributed by atoms with Crippen LogP contribution in [0.3, 0.4) is 0 Å². The predicted molar refractivity (Wildman–Crippen MR) is 138 cm³/mol. The molecule has 0 spiro atoms. The van der Waals surface area contributed by atoms with Gasteiger partial charge in [-0.15, -0.1) is 0 Å². The number of hydrogen-bond donors (Lipinski definition) is 1. The first-order chi connectivity index (χ1) is 18.1. The Morgan fingerprint density at radius 2 is 1.65 bits per heavy atom. The lowest BCUT2D eigenvalue weighted by atomic mass is 10.1. The molecule has 2 aliphatic heterocycles. The zero-order valence-corrected chi connectivity index (χ0v) is 21.2. The lowest BCUT2D eigenvalue weighted by molar-refractivity contribution is 0.102. The maximum atomic E-state index is 13.0. The number of piperazine rings is 1. The predicted octanol–water partition coefficient (Wildman–Crippen LogP) is 3.41. The van der Waals surface area contributed by atoms with E-state index in [0.717, 1.165) is 50.0 Å². The van der Waals surface area contributed by atoms with Crippen LogP contribution in [0.5, 0.6) is 28.7 Å². The van der Waals surface area contributed by atoms with Crippen LogP contribution in [0, 0.1) is 0 Å². The largest absolute Gasteiger partial charge is 0.493 e. The molecule has 0 saturated carbocycles. The molecule has 1 fully saturated rings. The van der Waals surface area contributed by atoms with Crippen molar-refractivity contribution < 1.29 is 28.5 Å². The van der Waals surface area contributed by atoms with E-state index in [9.17, 15) is 4.79 Å². The van der Waals surface area contributed by atoms with Gasteiger partial charge in [-0.05, 0) is 29.8 Å². The zero-order chi connectivity index (χ0) is 25.8. The first kappa shape index (κ1) is 24.5. The highest BCUT2D eigenvalue weighted by molar-refractivity contribution is 6.05. The van der Waals surface area contributed by atoms with Gasteiger partial charge in [0, 0.05) is 62.3 Å². The summed E-state index contributed by atoms with van der Waals surface area (Å²) in [6.07, 6.45) is 1.67. The Morgan fingerprint density at radius 1 is 0.919 bits per heavy atom. The summed E-state index contributed by atoms with van der Waals surface area (Å²) in [7, 11) is 4.61. The third kappa shape index (κ3) is 5.34. The smallest absolute Gasteiger partial charge is 0.255 e. The molecule has 0 radical (unpaired) electrons. The molecule has 10 heteroatoms. The number of carbonyl (C=O) groups is 1. The Hall–Kier alpha value is -4.18. The van der Waals surface area contributed by atoms with Gasteiger partial charge in [-0.3, -0.25) is 9.69 Å². The summed E-state index contributed by atoms with van der Waals surface area (Å²) in [5.74, 6) is 3.53. The number of hydrogen-bond acceptors (Lipinski definition) is 9. The highest BCUT2D eigenvalue weighted by Crippen LogP contribution is 2.40. The summed E-state index contributed by atoms with van der Waals surface area (Å²) in [6.45, 7) is 4.53. The van der Waals surface area contributed by atoms with Crippen molar-refractivity contribution in [2.45, 2.75) is 6.54 Å². The van der Waals surface area contributed by atoms with Gasteiger partial charge < -0.3 is 33.9 Å². The van der Waals surface area contributed by atoms with E-state index in [4.69, 9.17) is 23.7 Å². The van der Waals surface area contributed by atoms with Crippen LogP contribution < -0.4 is 33.9 Å². The molecule has 1 N–H and O–H groups in total. The van der Waals surface area contributed by atoms with Gasteiger partial charge in [0.2, 0.25) is 12.5 Å². The van der Waals surface area contributed by atoms with Crippen molar-refractivity contribution >= 4 is 17.4 Å². The molecule has 0 unspecified atom stereocenters. The average Bonchev–Trinajstić information content (AvgIpc) is 3.41. The average molecular weight is 507 g/mol. The highest BCUT2D eigenvalue weighted by Gasteiger charge is 2.21. The standard InChI is InChI=1S/C27H30N4O6/c1-33-23-14-20(15-24(34-2)26(23)35-3)29-27(32)19-6-7-28-25(13-19)31-10-8-30(9-11-31)16-18-4-5-21-22(12-18)37-17-36-21/h4-7,12-15H,8-11,16-17H2,1-3H3,(H,29,32). The fourth-order valence-corrected chi connectivity index (χ4v) is 4.52. The Kier molecular flexibility index (Phi) is 7.18. The SMILES string of the molecule is COc1cc(NC(=O)c2ccnc(N3CCN(Cc4ccc5c(c4)OCO5)CC3)c2)cc(OC)c1OC. The second-order valence-electron chi connectivity index (χ2n) is 8.72. The van der Waals surface area contributed by atoms with Crippen molar-refractivity contribution in [3.05, 3.63) is 59.8 Å². The van der Waals surface area contributed by atoms with Crippen LogP contribution in [0.1, 0.15) is 15.9 Å². The molecule has 0 bridgehead atoms. The monoisotopic (exact) mass is 506 g/mol.